The van der Waals surface area contributed by atoms with Gasteiger partial charge in [0.1, 0.15) is 0 Å². The molecule has 2 aliphatic heterocycles. The molecule has 0 spiro atoms. The average Bonchev–Trinajstić information content (AvgIpc) is 2.76. The van der Waals surface area contributed by atoms with Crippen LogP contribution in [0.3, 0.4) is 0 Å². The minimum absolute atomic E-state index is 0.130. The van der Waals surface area contributed by atoms with Gasteiger partial charge in [0.05, 0.1) is 34.0 Å². The summed E-state index contributed by atoms with van der Waals surface area (Å²) in [5.41, 5.74) is 4.32. The van der Waals surface area contributed by atoms with Gasteiger partial charge in [-0.1, -0.05) is 18.2 Å². The van der Waals surface area contributed by atoms with Gasteiger partial charge in [-0.2, -0.15) is 4.98 Å². The summed E-state index contributed by atoms with van der Waals surface area (Å²) in [6, 6.07) is 7.07. The number of benzene rings is 1. The minimum Gasteiger partial charge on any atom is -0.394 e. The van der Waals surface area contributed by atoms with Crippen molar-refractivity contribution in [3.05, 3.63) is 41.1 Å². The molecular weight excluding hydrogens is 408 g/mol. The molecule has 1 atom stereocenters. The molecule has 3 heterocycles. The van der Waals surface area contributed by atoms with E-state index in [4.69, 9.17) is 4.98 Å². The van der Waals surface area contributed by atoms with Gasteiger partial charge in [-0.3, -0.25) is 4.21 Å². The van der Waals surface area contributed by atoms with Crippen molar-refractivity contribution in [1.82, 2.24) is 9.97 Å². The van der Waals surface area contributed by atoms with E-state index in [1.54, 1.807) is 11.8 Å². The zero-order valence-corrected chi connectivity index (χ0v) is 18.7. The largest absolute Gasteiger partial charge is 0.394 e. The number of nitrogens with zero attached hydrogens (tertiary/aromatic N) is 4. The fourth-order valence-electron chi connectivity index (χ4n) is 5.69. The second kappa shape index (κ2) is 7.55. The second-order valence-corrected chi connectivity index (χ2v) is 11.1. The van der Waals surface area contributed by atoms with Crippen LogP contribution >= 0.6 is 0 Å². The van der Waals surface area contributed by atoms with Gasteiger partial charge in [0.25, 0.3) is 0 Å². The first kappa shape index (κ1) is 19.7. The average molecular weight is 439 g/mol. The van der Waals surface area contributed by atoms with E-state index < -0.39 is 10.8 Å². The van der Waals surface area contributed by atoms with Crippen LogP contribution in [0.25, 0.3) is 0 Å². The van der Waals surface area contributed by atoms with Crippen LogP contribution in [0, 0.1) is 0 Å². The number of hydrogen-bond acceptors (Lipinski definition) is 6. The van der Waals surface area contributed by atoms with E-state index >= 15 is 0 Å². The van der Waals surface area contributed by atoms with Crippen molar-refractivity contribution in [3.8, 4) is 0 Å². The highest BCUT2D eigenvalue weighted by Gasteiger charge is 2.45. The van der Waals surface area contributed by atoms with Crippen LogP contribution in [0.2, 0.25) is 0 Å². The first-order valence-electron chi connectivity index (χ1n) is 11.7. The molecule has 6 rings (SSSR count). The van der Waals surface area contributed by atoms with Gasteiger partial charge < -0.3 is 14.9 Å². The Morgan fingerprint density at radius 3 is 2.58 bits per heavy atom. The maximum atomic E-state index is 12.6. The number of aryl methyl sites for hydroxylation is 2. The molecule has 2 aliphatic carbocycles. The number of piperidine rings is 1. The Morgan fingerprint density at radius 1 is 1.13 bits per heavy atom. The Balaban J connectivity index is 1.22. The Kier molecular flexibility index (Phi) is 4.79. The van der Waals surface area contributed by atoms with Gasteiger partial charge in [-0.05, 0) is 67.6 Å². The molecule has 1 unspecified atom stereocenters. The molecule has 31 heavy (non-hydrogen) atoms. The van der Waals surface area contributed by atoms with Gasteiger partial charge in [-0.15, -0.1) is 0 Å². The number of fused-ring (bicyclic) bond motifs is 2. The summed E-state index contributed by atoms with van der Waals surface area (Å²) in [6.45, 7) is 2.70. The lowest BCUT2D eigenvalue weighted by atomic mass is 9.76. The van der Waals surface area contributed by atoms with Crippen molar-refractivity contribution in [3.63, 3.8) is 0 Å². The number of anilines is 2. The standard InChI is InChI=1S/C24H30N4O2S/c29-16-24(8-1-9-24)28-12-13-31(30)21-15-25-23(26-22(21)28)27-10-6-18(7-11-27)20-5-3-17-2-4-19(17)14-20/h3,5,14-15,18,29H,1-2,4,6-13,16H2. The highest BCUT2D eigenvalue weighted by Crippen LogP contribution is 2.43. The second-order valence-electron chi connectivity index (χ2n) is 9.58. The van der Waals surface area contributed by atoms with Crippen LogP contribution in [0.1, 0.15) is 54.7 Å². The molecule has 1 aromatic heterocycles. The number of aromatic nitrogens is 2. The van der Waals surface area contributed by atoms with Crippen molar-refractivity contribution in [2.45, 2.75) is 61.3 Å². The van der Waals surface area contributed by atoms with E-state index in [1.807, 2.05) is 0 Å². The number of hydrogen-bond donors (Lipinski definition) is 1. The molecule has 0 bridgehead atoms. The van der Waals surface area contributed by atoms with E-state index in [0.717, 1.165) is 61.9 Å². The predicted molar refractivity (Wildman–Crippen MR) is 122 cm³/mol. The van der Waals surface area contributed by atoms with Crippen LogP contribution in [0.5, 0.6) is 0 Å². The molecule has 4 aliphatic rings. The Labute approximate surface area is 186 Å². The van der Waals surface area contributed by atoms with E-state index in [0.29, 0.717) is 18.2 Å². The number of rotatable bonds is 4. The highest BCUT2D eigenvalue weighted by atomic mass is 32.2. The summed E-state index contributed by atoms with van der Waals surface area (Å²) >= 11 is 0. The fraction of sp³-hybridized carbons (Fsp3) is 0.583. The van der Waals surface area contributed by atoms with Gasteiger partial charge >= 0.3 is 0 Å². The van der Waals surface area contributed by atoms with Gasteiger partial charge in [0, 0.05) is 25.4 Å². The summed E-state index contributed by atoms with van der Waals surface area (Å²) in [5.74, 6) is 2.72. The topological polar surface area (TPSA) is 69.6 Å². The van der Waals surface area contributed by atoms with Crippen LogP contribution in [-0.4, -0.2) is 56.8 Å². The van der Waals surface area contributed by atoms with Crippen LogP contribution < -0.4 is 9.80 Å². The third kappa shape index (κ3) is 3.20. The van der Waals surface area contributed by atoms with E-state index in [9.17, 15) is 9.32 Å². The quantitative estimate of drug-likeness (QED) is 0.792. The van der Waals surface area contributed by atoms with E-state index in [-0.39, 0.29) is 12.1 Å². The molecule has 6 nitrogen and oxygen atoms in total. The number of aliphatic hydroxyl groups excluding tert-OH is 1. The summed E-state index contributed by atoms with van der Waals surface area (Å²) in [6.07, 6.45) is 9.53. The van der Waals surface area contributed by atoms with Gasteiger partial charge in [0.2, 0.25) is 5.95 Å². The third-order valence-corrected chi connectivity index (χ3v) is 9.35. The molecular formula is C24H30N4O2S. The maximum Gasteiger partial charge on any atom is 0.227 e. The van der Waals surface area contributed by atoms with Crippen molar-refractivity contribution in [2.24, 2.45) is 0 Å². The lowest BCUT2D eigenvalue weighted by Gasteiger charge is -2.51. The molecule has 2 aromatic rings. The monoisotopic (exact) mass is 438 g/mol. The lowest BCUT2D eigenvalue weighted by molar-refractivity contribution is 0.115. The SMILES string of the molecule is O=S1CCN(C2(CO)CCC2)c2nc(N3CCC(c4ccc5c(c4)CC5)CC3)ncc21. The lowest BCUT2D eigenvalue weighted by Crippen LogP contribution is -2.59. The highest BCUT2D eigenvalue weighted by molar-refractivity contribution is 7.85. The Bertz CT molecular complexity index is 1020. The van der Waals surface area contributed by atoms with Crippen LogP contribution in [0.4, 0.5) is 11.8 Å². The zero-order valence-electron chi connectivity index (χ0n) is 17.9. The van der Waals surface area contributed by atoms with Crippen molar-refractivity contribution >= 4 is 22.6 Å². The predicted octanol–water partition coefficient (Wildman–Crippen LogP) is 2.80. The first-order valence-corrected chi connectivity index (χ1v) is 13.0. The summed E-state index contributed by atoms with van der Waals surface area (Å²) in [7, 11) is -1.06. The Morgan fingerprint density at radius 2 is 1.94 bits per heavy atom. The smallest absolute Gasteiger partial charge is 0.227 e. The number of aliphatic hydroxyl groups is 1. The summed E-state index contributed by atoms with van der Waals surface area (Å²) < 4.78 is 12.6. The molecule has 164 valence electrons. The molecule has 0 amide bonds. The fourth-order valence-corrected chi connectivity index (χ4v) is 6.79. The van der Waals surface area contributed by atoms with E-state index in [1.165, 1.54) is 24.0 Å². The maximum absolute atomic E-state index is 12.6. The van der Waals surface area contributed by atoms with Gasteiger partial charge in [0.15, 0.2) is 5.82 Å². The normalized spacial score (nSPS) is 24.7. The van der Waals surface area contributed by atoms with E-state index in [2.05, 4.69) is 33.0 Å². The minimum atomic E-state index is -1.06. The zero-order chi connectivity index (χ0) is 21.0. The third-order valence-electron chi connectivity index (χ3n) is 8.02. The van der Waals surface area contributed by atoms with Crippen molar-refractivity contribution in [1.29, 1.82) is 0 Å². The molecule has 1 aromatic carbocycles. The molecule has 1 saturated carbocycles. The summed E-state index contributed by atoms with van der Waals surface area (Å²) in [5, 5.41) is 10.1. The van der Waals surface area contributed by atoms with Crippen molar-refractivity contribution < 1.29 is 9.32 Å². The van der Waals surface area contributed by atoms with Gasteiger partial charge in [-0.25, -0.2) is 4.98 Å². The molecule has 1 N–H and O–H groups in total. The Hall–Kier alpha value is -1.99. The molecule has 2 fully saturated rings. The van der Waals surface area contributed by atoms with Crippen molar-refractivity contribution in [2.75, 3.05) is 41.8 Å². The molecule has 7 heteroatoms. The van der Waals surface area contributed by atoms with Crippen LogP contribution in [0.15, 0.2) is 29.3 Å². The summed E-state index contributed by atoms with van der Waals surface area (Å²) in [4.78, 5) is 14.8. The molecule has 0 radical (unpaired) electrons. The first-order chi connectivity index (χ1) is 15.2. The van der Waals surface area contributed by atoms with Crippen LogP contribution in [-0.2, 0) is 23.6 Å². The molecule has 1 saturated heterocycles.